The fraction of sp³-hybridized carbons (Fsp3) is 0.696. The Hall–Kier alpha value is -1.35. The molecule has 5 rings (SSSR count). The van der Waals surface area contributed by atoms with E-state index in [-0.39, 0.29) is 11.3 Å². The molecule has 26 heavy (non-hydrogen) atoms. The molecular weight excluding hydrogens is 322 g/mol. The number of aromatic hydroxyl groups is 1. The molecule has 1 heterocycles. The molecule has 4 aliphatic rings. The molecule has 1 N–H and O–H groups in total. The van der Waals surface area contributed by atoms with Crippen molar-refractivity contribution in [2.24, 2.45) is 23.7 Å². The first-order valence-electron chi connectivity index (χ1n) is 10.6. The predicted octanol–water partition coefficient (Wildman–Crippen LogP) is 3.92. The van der Waals surface area contributed by atoms with Crippen LogP contribution in [0.25, 0.3) is 0 Å². The molecule has 3 fully saturated rings. The van der Waals surface area contributed by atoms with Crippen molar-refractivity contribution < 1.29 is 9.90 Å². The predicted molar refractivity (Wildman–Crippen MR) is 102 cm³/mol. The SMILES string of the molecule is CC(C)C1CC2C3Cc4ccc(O)cc4C2(CCN3CC2CC2)CC1=O. The minimum absolute atomic E-state index is 0.0283. The van der Waals surface area contributed by atoms with Gasteiger partial charge in [0.05, 0.1) is 0 Å². The van der Waals surface area contributed by atoms with Crippen LogP contribution >= 0.6 is 0 Å². The molecule has 2 bridgehead atoms. The van der Waals surface area contributed by atoms with E-state index in [1.807, 2.05) is 12.1 Å². The second-order valence-corrected chi connectivity index (χ2v) is 9.79. The van der Waals surface area contributed by atoms with Crippen molar-refractivity contribution in [1.29, 1.82) is 0 Å². The van der Waals surface area contributed by atoms with E-state index in [1.165, 1.54) is 30.5 Å². The highest BCUT2D eigenvalue weighted by Gasteiger charge is 2.58. The van der Waals surface area contributed by atoms with E-state index >= 15 is 0 Å². The lowest BCUT2D eigenvalue weighted by molar-refractivity contribution is -0.135. The van der Waals surface area contributed by atoms with Gasteiger partial charge >= 0.3 is 0 Å². The summed E-state index contributed by atoms with van der Waals surface area (Å²) in [6.07, 6.45) is 6.69. The van der Waals surface area contributed by atoms with E-state index in [1.54, 1.807) is 0 Å². The van der Waals surface area contributed by atoms with Crippen LogP contribution in [0.15, 0.2) is 18.2 Å². The van der Waals surface area contributed by atoms with E-state index in [2.05, 4.69) is 24.8 Å². The Morgan fingerprint density at radius 1 is 1.31 bits per heavy atom. The second kappa shape index (κ2) is 5.82. The lowest BCUT2D eigenvalue weighted by Crippen LogP contribution is -2.63. The van der Waals surface area contributed by atoms with E-state index in [4.69, 9.17) is 0 Å². The van der Waals surface area contributed by atoms with Crippen molar-refractivity contribution in [3.05, 3.63) is 29.3 Å². The quantitative estimate of drug-likeness (QED) is 0.895. The van der Waals surface area contributed by atoms with Crippen molar-refractivity contribution in [3.8, 4) is 5.75 Å². The van der Waals surface area contributed by atoms with Crippen LogP contribution in [-0.2, 0) is 16.6 Å². The normalized spacial score (nSPS) is 36.7. The van der Waals surface area contributed by atoms with Gasteiger partial charge in [-0.2, -0.15) is 0 Å². The highest BCUT2D eigenvalue weighted by Crippen LogP contribution is 2.57. The molecule has 3 aliphatic carbocycles. The Morgan fingerprint density at radius 2 is 2.12 bits per heavy atom. The lowest BCUT2D eigenvalue weighted by Gasteiger charge is -2.60. The van der Waals surface area contributed by atoms with Crippen LogP contribution in [0.3, 0.4) is 0 Å². The Labute approximate surface area is 156 Å². The zero-order valence-electron chi connectivity index (χ0n) is 16.1. The first-order valence-corrected chi connectivity index (χ1v) is 10.6. The van der Waals surface area contributed by atoms with Gasteiger partial charge in [0.2, 0.25) is 0 Å². The van der Waals surface area contributed by atoms with Gasteiger partial charge in [-0.1, -0.05) is 19.9 Å². The van der Waals surface area contributed by atoms with Gasteiger partial charge in [-0.25, -0.2) is 0 Å². The molecule has 1 saturated heterocycles. The molecule has 140 valence electrons. The molecule has 2 saturated carbocycles. The van der Waals surface area contributed by atoms with E-state index in [0.717, 1.165) is 31.7 Å². The van der Waals surface area contributed by atoms with Crippen molar-refractivity contribution in [1.82, 2.24) is 4.90 Å². The van der Waals surface area contributed by atoms with Crippen molar-refractivity contribution >= 4 is 5.78 Å². The van der Waals surface area contributed by atoms with Gasteiger partial charge in [0.1, 0.15) is 11.5 Å². The van der Waals surface area contributed by atoms with Crippen LogP contribution in [0.2, 0.25) is 0 Å². The number of fused-ring (bicyclic) bond motifs is 1. The number of likely N-dealkylation sites (tertiary alicyclic amines) is 1. The van der Waals surface area contributed by atoms with E-state index < -0.39 is 0 Å². The third kappa shape index (κ3) is 2.46. The van der Waals surface area contributed by atoms with Gasteiger partial charge in [-0.3, -0.25) is 9.69 Å². The second-order valence-electron chi connectivity index (χ2n) is 9.79. The van der Waals surface area contributed by atoms with E-state index in [0.29, 0.717) is 35.8 Å². The average Bonchev–Trinajstić information content (AvgIpc) is 3.41. The zero-order valence-corrected chi connectivity index (χ0v) is 16.1. The van der Waals surface area contributed by atoms with Gasteiger partial charge in [0.25, 0.3) is 0 Å². The van der Waals surface area contributed by atoms with Crippen LogP contribution in [0.4, 0.5) is 0 Å². The number of hydrogen-bond acceptors (Lipinski definition) is 3. The number of benzene rings is 1. The molecule has 1 aromatic rings. The van der Waals surface area contributed by atoms with E-state index in [9.17, 15) is 9.90 Å². The summed E-state index contributed by atoms with van der Waals surface area (Å²) >= 11 is 0. The smallest absolute Gasteiger partial charge is 0.137 e. The number of carbonyl (C=O) groups is 1. The maximum absolute atomic E-state index is 13.1. The van der Waals surface area contributed by atoms with Gasteiger partial charge in [-0.05, 0) is 79.7 Å². The molecule has 1 aromatic carbocycles. The lowest BCUT2D eigenvalue weighted by atomic mass is 9.50. The highest BCUT2D eigenvalue weighted by atomic mass is 16.3. The highest BCUT2D eigenvalue weighted by molar-refractivity contribution is 5.84. The maximum atomic E-state index is 13.1. The van der Waals surface area contributed by atoms with Crippen molar-refractivity contribution in [2.45, 2.75) is 63.8 Å². The summed E-state index contributed by atoms with van der Waals surface area (Å²) in [5.41, 5.74) is 2.64. The number of piperidine rings is 1. The number of hydrogen-bond donors (Lipinski definition) is 1. The number of carbonyl (C=O) groups excluding carboxylic acids is 1. The van der Waals surface area contributed by atoms with Crippen LogP contribution in [0.5, 0.6) is 5.75 Å². The molecular formula is C23H31NO2. The molecule has 0 radical (unpaired) electrons. The number of ketones is 1. The summed E-state index contributed by atoms with van der Waals surface area (Å²) in [4.78, 5) is 15.8. The molecule has 3 heteroatoms. The van der Waals surface area contributed by atoms with Crippen LogP contribution in [0.1, 0.15) is 57.1 Å². The fourth-order valence-corrected chi connectivity index (χ4v) is 6.40. The van der Waals surface area contributed by atoms with Crippen LogP contribution in [0, 0.1) is 23.7 Å². The number of rotatable bonds is 3. The summed E-state index contributed by atoms with van der Waals surface area (Å²) < 4.78 is 0. The Kier molecular flexibility index (Phi) is 3.76. The Bertz CT molecular complexity index is 738. The average molecular weight is 354 g/mol. The van der Waals surface area contributed by atoms with Gasteiger partial charge in [-0.15, -0.1) is 0 Å². The van der Waals surface area contributed by atoms with Gasteiger partial charge in [0.15, 0.2) is 0 Å². The zero-order chi connectivity index (χ0) is 18.1. The van der Waals surface area contributed by atoms with Crippen LogP contribution < -0.4 is 0 Å². The number of Topliss-reactive ketones (excluding diaryl/α,β-unsaturated/α-hetero) is 1. The summed E-state index contributed by atoms with van der Waals surface area (Å²) in [5, 5.41) is 10.2. The molecule has 0 amide bonds. The largest absolute Gasteiger partial charge is 0.508 e. The molecule has 3 nitrogen and oxygen atoms in total. The molecule has 0 aromatic heterocycles. The molecule has 4 unspecified atom stereocenters. The Morgan fingerprint density at radius 3 is 2.85 bits per heavy atom. The standard InChI is InChI=1S/C23H31NO2/c1-14(2)18-11-20-21-9-16-5-6-17(25)10-19(16)23(20,12-22(18)26)7-8-24(21)13-15-3-4-15/h5-6,10,14-15,18,20-21,25H,3-4,7-9,11-13H2,1-2H3. The van der Waals surface area contributed by atoms with Crippen molar-refractivity contribution in [3.63, 3.8) is 0 Å². The first-order chi connectivity index (χ1) is 12.5. The minimum atomic E-state index is -0.0283. The molecule has 4 atom stereocenters. The number of phenolic OH excluding ortho intramolecular Hbond substituents is 1. The molecule has 1 aliphatic heterocycles. The number of nitrogens with zero attached hydrogens (tertiary/aromatic N) is 1. The Balaban J connectivity index is 1.59. The minimum Gasteiger partial charge on any atom is -0.508 e. The van der Waals surface area contributed by atoms with Crippen LogP contribution in [-0.4, -0.2) is 34.9 Å². The third-order valence-electron chi connectivity index (χ3n) is 7.95. The van der Waals surface area contributed by atoms with Gasteiger partial charge in [0, 0.05) is 30.3 Å². The topological polar surface area (TPSA) is 40.5 Å². The third-order valence-corrected chi connectivity index (χ3v) is 7.95. The first kappa shape index (κ1) is 16.8. The van der Waals surface area contributed by atoms with Crippen molar-refractivity contribution in [2.75, 3.05) is 13.1 Å². The molecule has 0 spiro atoms. The maximum Gasteiger partial charge on any atom is 0.137 e. The number of phenols is 1. The summed E-state index contributed by atoms with van der Waals surface area (Å²) in [6, 6.07) is 6.52. The fourth-order valence-electron chi connectivity index (χ4n) is 6.40. The monoisotopic (exact) mass is 353 g/mol. The summed E-state index contributed by atoms with van der Waals surface area (Å²) in [5.74, 6) is 2.94. The summed E-state index contributed by atoms with van der Waals surface area (Å²) in [6.45, 7) is 6.79. The van der Waals surface area contributed by atoms with Gasteiger partial charge < -0.3 is 5.11 Å². The summed E-state index contributed by atoms with van der Waals surface area (Å²) in [7, 11) is 0.